The van der Waals surface area contributed by atoms with E-state index in [1.807, 2.05) is 11.6 Å². The van der Waals surface area contributed by atoms with Crippen molar-refractivity contribution in [1.82, 2.24) is 15.0 Å². The van der Waals surface area contributed by atoms with E-state index in [0.29, 0.717) is 31.7 Å². The third kappa shape index (κ3) is 7.15. The standard InChI is InChI=1S/C20H24N4O6S/c1-3-4-18(25)23-15-6-8-16(9-7-15)31(28,29)24-19(26)14-5-10-17(22-13-14)20(27)21-11-12-30-2/h5-10,13H,3-4,11-12H2,1-2H3,(H,21,27)(H,23,25)(H,24,26). The maximum atomic E-state index is 12.5. The van der Waals surface area contributed by atoms with E-state index in [2.05, 4.69) is 15.6 Å². The number of pyridine rings is 1. The monoisotopic (exact) mass is 448 g/mol. The topological polar surface area (TPSA) is 144 Å². The molecule has 0 aliphatic rings. The molecule has 0 saturated carbocycles. The van der Waals surface area contributed by atoms with Crippen molar-refractivity contribution in [2.75, 3.05) is 25.6 Å². The van der Waals surface area contributed by atoms with E-state index in [1.165, 1.54) is 43.5 Å². The molecule has 3 N–H and O–H groups in total. The third-order valence-electron chi connectivity index (χ3n) is 4.00. The average Bonchev–Trinajstić information content (AvgIpc) is 2.74. The minimum absolute atomic E-state index is 0.0273. The van der Waals surface area contributed by atoms with Crippen molar-refractivity contribution >= 4 is 33.4 Å². The highest BCUT2D eigenvalue weighted by Crippen LogP contribution is 2.15. The molecule has 0 saturated heterocycles. The number of aromatic nitrogens is 1. The number of carbonyl (C=O) groups is 3. The van der Waals surface area contributed by atoms with Crippen molar-refractivity contribution in [3.63, 3.8) is 0 Å². The zero-order valence-corrected chi connectivity index (χ0v) is 18.0. The van der Waals surface area contributed by atoms with E-state index < -0.39 is 21.8 Å². The van der Waals surface area contributed by atoms with Crippen molar-refractivity contribution in [2.24, 2.45) is 0 Å². The van der Waals surface area contributed by atoms with Crippen molar-refractivity contribution in [2.45, 2.75) is 24.7 Å². The number of benzene rings is 1. The molecular weight excluding hydrogens is 424 g/mol. The number of carbonyl (C=O) groups excluding carboxylic acids is 3. The number of amides is 3. The molecular formula is C20H24N4O6S. The molecule has 2 rings (SSSR count). The van der Waals surface area contributed by atoms with E-state index in [0.717, 1.165) is 6.20 Å². The predicted molar refractivity (Wildman–Crippen MR) is 113 cm³/mol. The molecule has 0 atom stereocenters. The van der Waals surface area contributed by atoms with E-state index in [1.54, 1.807) is 0 Å². The third-order valence-corrected chi connectivity index (χ3v) is 5.35. The van der Waals surface area contributed by atoms with Crippen LogP contribution < -0.4 is 15.4 Å². The molecule has 0 radical (unpaired) electrons. The quantitative estimate of drug-likeness (QED) is 0.465. The van der Waals surface area contributed by atoms with Gasteiger partial charge in [0.15, 0.2) is 0 Å². The van der Waals surface area contributed by atoms with Crippen molar-refractivity contribution < 1.29 is 27.5 Å². The van der Waals surface area contributed by atoms with Crippen LogP contribution in [0.4, 0.5) is 5.69 Å². The van der Waals surface area contributed by atoms with E-state index >= 15 is 0 Å². The molecule has 1 heterocycles. The molecule has 1 aromatic carbocycles. The van der Waals surface area contributed by atoms with Crippen LogP contribution in [-0.4, -0.2) is 51.4 Å². The Kier molecular flexibility index (Phi) is 8.64. The Bertz CT molecular complexity index is 1020. The summed E-state index contributed by atoms with van der Waals surface area (Å²) in [5.74, 6) is -1.50. The predicted octanol–water partition coefficient (Wildman–Crippen LogP) is 1.32. The fourth-order valence-corrected chi connectivity index (χ4v) is 3.40. The van der Waals surface area contributed by atoms with Crippen LogP contribution in [0.2, 0.25) is 0 Å². The van der Waals surface area contributed by atoms with Gasteiger partial charge in [0.2, 0.25) is 5.91 Å². The summed E-state index contributed by atoms with van der Waals surface area (Å²) in [6.45, 7) is 2.52. The van der Waals surface area contributed by atoms with Crippen LogP contribution in [0.1, 0.15) is 40.6 Å². The first-order valence-corrected chi connectivity index (χ1v) is 11.0. The summed E-state index contributed by atoms with van der Waals surface area (Å²) >= 11 is 0. The molecule has 0 unspecified atom stereocenters. The maximum Gasteiger partial charge on any atom is 0.269 e. The summed E-state index contributed by atoms with van der Waals surface area (Å²) < 4.78 is 31.7. The van der Waals surface area contributed by atoms with Crippen LogP contribution in [0.5, 0.6) is 0 Å². The highest BCUT2D eigenvalue weighted by atomic mass is 32.2. The van der Waals surface area contributed by atoms with Crippen LogP contribution in [-0.2, 0) is 19.6 Å². The Balaban J connectivity index is 2.02. The van der Waals surface area contributed by atoms with E-state index in [9.17, 15) is 22.8 Å². The van der Waals surface area contributed by atoms with Crippen LogP contribution in [0.25, 0.3) is 0 Å². The molecule has 0 bridgehead atoms. The minimum atomic E-state index is -4.14. The Morgan fingerprint density at radius 3 is 2.32 bits per heavy atom. The van der Waals surface area contributed by atoms with Crippen molar-refractivity contribution in [3.05, 3.63) is 53.9 Å². The summed E-state index contributed by atoms with van der Waals surface area (Å²) in [4.78, 5) is 39.5. The van der Waals surface area contributed by atoms with Gasteiger partial charge in [0.25, 0.3) is 21.8 Å². The number of nitrogens with one attached hydrogen (secondary N) is 3. The van der Waals surface area contributed by atoms with Gasteiger partial charge in [0.1, 0.15) is 5.69 Å². The molecule has 0 aliphatic carbocycles. The summed E-state index contributed by atoms with van der Waals surface area (Å²) in [5, 5.41) is 5.23. The zero-order chi connectivity index (χ0) is 22.9. The molecule has 166 valence electrons. The molecule has 1 aromatic heterocycles. The Morgan fingerprint density at radius 2 is 1.74 bits per heavy atom. The zero-order valence-electron chi connectivity index (χ0n) is 17.2. The second-order valence-corrected chi connectivity index (χ2v) is 8.12. The lowest BCUT2D eigenvalue weighted by Crippen LogP contribution is -2.31. The second-order valence-electron chi connectivity index (χ2n) is 6.44. The number of hydrogen-bond donors (Lipinski definition) is 3. The lowest BCUT2D eigenvalue weighted by molar-refractivity contribution is -0.116. The van der Waals surface area contributed by atoms with Gasteiger partial charge in [-0.25, -0.2) is 13.1 Å². The van der Waals surface area contributed by atoms with Gasteiger partial charge in [-0.15, -0.1) is 0 Å². The Labute approximate surface area is 180 Å². The van der Waals surface area contributed by atoms with Gasteiger partial charge in [-0.3, -0.25) is 19.4 Å². The van der Waals surface area contributed by atoms with Gasteiger partial charge < -0.3 is 15.4 Å². The van der Waals surface area contributed by atoms with Crippen LogP contribution in [0, 0.1) is 0 Å². The number of sulfonamides is 1. The van der Waals surface area contributed by atoms with Crippen LogP contribution in [0.15, 0.2) is 47.5 Å². The highest BCUT2D eigenvalue weighted by molar-refractivity contribution is 7.90. The largest absolute Gasteiger partial charge is 0.383 e. The molecule has 31 heavy (non-hydrogen) atoms. The number of hydrogen-bond acceptors (Lipinski definition) is 7. The van der Waals surface area contributed by atoms with Crippen molar-refractivity contribution in [1.29, 1.82) is 0 Å². The fourth-order valence-electron chi connectivity index (χ4n) is 2.43. The molecule has 2 aromatic rings. The summed E-state index contributed by atoms with van der Waals surface area (Å²) in [7, 11) is -2.63. The Morgan fingerprint density at radius 1 is 1.03 bits per heavy atom. The SMILES string of the molecule is CCCC(=O)Nc1ccc(S(=O)(=O)NC(=O)c2ccc(C(=O)NCCOC)nc2)cc1. The minimum Gasteiger partial charge on any atom is -0.383 e. The van der Waals surface area contributed by atoms with Crippen molar-refractivity contribution in [3.8, 4) is 0 Å². The van der Waals surface area contributed by atoms with Gasteiger partial charge in [-0.05, 0) is 42.8 Å². The number of anilines is 1. The highest BCUT2D eigenvalue weighted by Gasteiger charge is 2.19. The number of rotatable bonds is 10. The lowest BCUT2D eigenvalue weighted by atomic mass is 10.2. The smallest absolute Gasteiger partial charge is 0.269 e. The first-order valence-electron chi connectivity index (χ1n) is 9.47. The van der Waals surface area contributed by atoms with Crippen LogP contribution in [0.3, 0.4) is 0 Å². The molecule has 0 spiro atoms. The fraction of sp³-hybridized carbons (Fsp3) is 0.300. The van der Waals surface area contributed by atoms with Gasteiger partial charge in [0, 0.05) is 32.0 Å². The van der Waals surface area contributed by atoms with Gasteiger partial charge in [-0.1, -0.05) is 6.92 Å². The molecule has 0 fully saturated rings. The van der Waals surface area contributed by atoms with E-state index in [4.69, 9.17) is 4.74 Å². The van der Waals surface area contributed by atoms with Gasteiger partial charge in [0.05, 0.1) is 17.1 Å². The molecule has 3 amide bonds. The first-order chi connectivity index (χ1) is 14.8. The number of methoxy groups -OCH3 is 1. The second kappa shape index (κ2) is 11.2. The van der Waals surface area contributed by atoms with Crippen LogP contribution >= 0.6 is 0 Å². The lowest BCUT2D eigenvalue weighted by Gasteiger charge is -2.09. The normalized spacial score (nSPS) is 10.9. The van der Waals surface area contributed by atoms with E-state index in [-0.39, 0.29) is 22.1 Å². The summed E-state index contributed by atoms with van der Waals surface area (Å²) in [6.07, 6.45) is 2.17. The Hall–Kier alpha value is -3.31. The number of nitrogens with zero attached hydrogens (tertiary/aromatic N) is 1. The molecule has 10 nitrogen and oxygen atoms in total. The van der Waals surface area contributed by atoms with Gasteiger partial charge >= 0.3 is 0 Å². The van der Waals surface area contributed by atoms with Gasteiger partial charge in [-0.2, -0.15) is 0 Å². The first kappa shape index (κ1) is 24.0. The summed E-state index contributed by atoms with van der Waals surface area (Å²) in [6, 6.07) is 8.05. The average molecular weight is 449 g/mol. The summed E-state index contributed by atoms with van der Waals surface area (Å²) in [5.41, 5.74) is 0.504. The molecule has 0 aliphatic heterocycles. The molecule has 11 heteroatoms. The number of ether oxygens (including phenoxy) is 1. The maximum absolute atomic E-state index is 12.5.